The highest BCUT2D eigenvalue weighted by molar-refractivity contribution is 7.90. The number of hydrogen-bond acceptors (Lipinski definition) is 3. The molecule has 0 atom stereocenters. The SMILES string of the molecule is CN(c1ccccc1N)S(=O)(=O)NCC(F)(F)F. The zero-order valence-electron chi connectivity index (χ0n) is 9.40. The van der Waals surface area contributed by atoms with E-state index in [1.54, 1.807) is 6.07 Å². The summed E-state index contributed by atoms with van der Waals surface area (Å²) in [5.74, 6) is 0. The molecule has 3 N–H and O–H groups in total. The third-order valence-corrected chi connectivity index (χ3v) is 3.52. The first kappa shape index (κ1) is 14.6. The summed E-state index contributed by atoms with van der Waals surface area (Å²) in [5, 5.41) is 0. The minimum atomic E-state index is -4.61. The van der Waals surface area contributed by atoms with E-state index in [0.717, 1.165) is 7.05 Å². The lowest BCUT2D eigenvalue weighted by atomic mass is 10.3. The van der Waals surface area contributed by atoms with Gasteiger partial charge in [-0.1, -0.05) is 12.1 Å². The molecule has 9 heteroatoms. The average Bonchev–Trinajstić information content (AvgIpc) is 2.25. The first-order valence-electron chi connectivity index (χ1n) is 4.78. The molecule has 0 aliphatic heterocycles. The molecule has 0 amide bonds. The van der Waals surface area contributed by atoms with Crippen molar-refractivity contribution in [2.24, 2.45) is 0 Å². The molecule has 0 bridgehead atoms. The molecule has 1 aromatic carbocycles. The van der Waals surface area contributed by atoms with Crippen LogP contribution in [0.15, 0.2) is 24.3 Å². The average molecular weight is 283 g/mol. The Labute approximate surface area is 103 Å². The topological polar surface area (TPSA) is 75.4 Å². The van der Waals surface area contributed by atoms with Crippen molar-refractivity contribution in [3.8, 4) is 0 Å². The van der Waals surface area contributed by atoms with Gasteiger partial charge in [-0.05, 0) is 12.1 Å². The van der Waals surface area contributed by atoms with E-state index < -0.39 is 22.9 Å². The number of halogens is 3. The maximum Gasteiger partial charge on any atom is 0.402 e. The predicted molar refractivity (Wildman–Crippen MR) is 62.2 cm³/mol. The van der Waals surface area contributed by atoms with Crippen LogP contribution in [0.3, 0.4) is 0 Å². The monoisotopic (exact) mass is 283 g/mol. The molecule has 0 spiro atoms. The number of nitrogen functional groups attached to an aromatic ring is 1. The van der Waals surface area contributed by atoms with Gasteiger partial charge in [-0.3, -0.25) is 4.31 Å². The standard InChI is InChI=1S/C9H12F3N3O2S/c1-15(8-5-3-2-4-7(8)13)18(16,17)14-6-9(10,11)12/h2-5,14H,6,13H2,1H3. The lowest BCUT2D eigenvalue weighted by Crippen LogP contribution is -2.42. The van der Waals surface area contributed by atoms with Gasteiger partial charge in [0.25, 0.3) is 0 Å². The Morgan fingerprint density at radius 3 is 2.39 bits per heavy atom. The van der Waals surface area contributed by atoms with Gasteiger partial charge in [-0.25, -0.2) is 0 Å². The van der Waals surface area contributed by atoms with Gasteiger partial charge >= 0.3 is 16.4 Å². The van der Waals surface area contributed by atoms with E-state index in [0.29, 0.717) is 4.31 Å². The molecule has 0 unspecified atom stereocenters. The molecule has 0 saturated heterocycles. The van der Waals surface area contributed by atoms with E-state index in [-0.39, 0.29) is 11.4 Å². The molecule has 0 heterocycles. The van der Waals surface area contributed by atoms with Gasteiger partial charge < -0.3 is 5.73 Å². The summed E-state index contributed by atoms with van der Waals surface area (Å²) in [4.78, 5) is 0. The molecule has 0 saturated carbocycles. The molecule has 18 heavy (non-hydrogen) atoms. The number of anilines is 2. The van der Waals surface area contributed by atoms with Gasteiger partial charge in [0, 0.05) is 7.05 Å². The van der Waals surface area contributed by atoms with Crippen LogP contribution in [0.4, 0.5) is 24.5 Å². The fourth-order valence-corrected chi connectivity index (χ4v) is 2.14. The van der Waals surface area contributed by atoms with Crippen molar-refractivity contribution in [1.82, 2.24) is 4.72 Å². The van der Waals surface area contributed by atoms with Crippen molar-refractivity contribution in [1.29, 1.82) is 0 Å². The van der Waals surface area contributed by atoms with Crippen molar-refractivity contribution < 1.29 is 21.6 Å². The third-order valence-electron chi connectivity index (χ3n) is 2.09. The van der Waals surface area contributed by atoms with E-state index in [4.69, 9.17) is 5.73 Å². The molecule has 0 radical (unpaired) electrons. The Hall–Kier alpha value is -1.48. The van der Waals surface area contributed by atoms with Gasteiger partial charge in [-0.15, -0.1) is 0 Å². The van der Waals surface area contributed by atoms with Crippen molar-refractivity contribution in [2.75, 3.05) is 23.6 Å². The first-order chi connectivity index (χ1) is 8.13. The lowest BCUT2D eigenvalue weighted by molar-refractivity contribution is -0.121. The van der Waals surface area contributed by atoms with Gasteiger partial charge in [0.15, 0.2) is 0 Å². The Morgan fingerprint density at radius 1 is 1.33 bits per heavy atom. The number of nitrogens with one attached hydrogen (secondary N) is 1. The van der Waals surface area contributed by atoms with Crippen molar-refractivity contribution >= 4 is 21.6 Å². The molecule has 0 fully saturated rings. The summed E-state index contributed by atoms with van der Waals surface area (Å²) < 4.78 is 61.2. The number of nitrogens with zero attached hydrogens (tertiary/aromatic N) is 1. The number of para-hydroxylation sites is 2. The normalized spacial score (nSPS) is 12.4. The summed E-state index contributed by atoms with van der Waals surface area (Å²) in [5.41, 5.74) is 5.80. The van der Waals surface area contributed by atoms with Crippen LogP contribution in [0, 0.1) is 0 Å². The fraction of sp³-hybridized carbons (Fsp3) is 0.333. The van der Waals surface area contributed by atoms with Gasteiger partial charge in [0.1, 0.15) is 6.54 Å². The Balaban J connectivity index is 2.90. The molecule has 5 nitrogen and oxygen atoms in total. The minimum Gasteiger partial charge on any atom is -0.397 e. The summed E-state index contributed by atoms with van der Waals surface area (Å²) in [7, 11) is -3.17. The highest BCUT2D eigenvalue weighted by Crippen LogP contribution is 2.23. The third kappa shape index (κ3) is 3.77. The van der Waals surface area contributed by atoms with Crippen LogP contribution in [0.2, 0.25) is 0 Å². The lowest BCUT2D eigenvalue weighted by Gasteiger charge is -2.21. The minimum absolute atomic E-state index is 0.104. The van der Waals surface area contributed by atoms with Crippen LogP contribution in [0.5, 0.6) is 0 Å². The van der Waals surface area contributed by atoms with Crippen LogP contribution in [-0.2, 0) is 10.2 Å². The highest BCUT2D eigenvalue weighted by atomic mass is 32.2. The van der Waals surface area contributed by atoms with E-state index >= 15 is 0 Å². The zero-order chi connectivity index (χ0) is 14.0. The number of benzene rings is 1. The van der Waals surface area contributed by atoms with Crippen LogP contribution in [-0.4, -0.2) is 28.2 Å². The van der Waals surface area contributed by atoms with E-state index in [2.05, 4.69) is 0 Å². The maximum atomic E-state index is 12.0. The summed E-state index contributed by atoms with van der Waals surface area (Å²) >= 11 is 0. The van der Waals surface area contributed by atoms with Crippen LogP contribution in [0.25, 0.3) is 0 Å². The smallest absolute Gasteiger partial charge is 0.397 e. The number of hydrogen-bond donors (Lipinski definition) is 2. The van der Waals surface area contributed by atoms with Crippen molar-refractivity contribution in [3.05, 3.63) is 24.3 Å². The Kier molecular flexibility index (Phi) is 4.07. The zero-order valence-corrected chi connectivity index (χ0v) is 10.2. The molecule has 1 rings (SSSR count). The van der Waals surface area contributed by atoms with Crippen molar-refractivity contribution in [2.45, 2.75) is 6.18 Å². The van der Waals surface area contributed by atoms with Crippen molar-refractivity contribution in [3.63, 3.8) is 0 Å². The van der Waals surface area contributed by atoms with Gasteiger partial charge in [0.05, 0.1) is 11.4 Å². The van der Waals surface area contributed by atoms with E-state index in [1.807, 2.05) is 0 Å². The Morgan fingerprint density at radius 2 is 1.89 bits per heavy atom. The number of rotatable bonds is 4. The van der Waals surface area contributed by atoms with Gasteiger partial charge in [-0.2, -0.15) is 26.3 Å². The molecule has 0 aliphatic rings. The number of alkyl halides is 3. The molecule has 0 aliphatic carbocycles. The number of nitrogens with two attached hydrogens (primary N) is 1. The van der Waals surface area contributed by atoms with Crippen LogP contribution in [0.1, 0.15) is 0 Å². The van der Waals surface area contributed by atoms with Crippen LogP contribution >= 0.6 is 0 Å². The fourth-order valence-electron chi connectivity index (χ4n) is 1.17. The second-order valence-corrected chi connectivity index (χ2v) is 5.25. The quantitative estimate of drug-likeness (QED) is 0.813. The molecule has 0 aromatic heterocycles. The van der Waals surface area contributed by atoms with E-state index in [1.165, 1.54) is 22.9 Å². The van der Waals surface area contributed by atoms with Gasteiger partial charge in [0.2, 0.25) is 0 Å². The van der Waals surface area contributed by atoms with Crippen LogP contribution < -0.4 is 14.8 Å². The molecule has 1 aromatic rings. The Bertz CT molecular complexity index is 516. The molecular formula is C9H12F3N3O2S. The summed E-state index contributed by atoms with van der Waals surface area (Å²) in [6.07, 6.45) is -4.61. The molecular weight excluding hydrogens is 271 g/mol. The summed E-state index contributed by atoms with van der Waals surface area (Å²) in [6.45, 7) is -1.63. The highest BCUT2D eigenvalue weighted by Gasteiger charge is 2.31. The second kappa shape index (κ2) is 5.02. The molecule has 102 valence electrons. The first-order valence-corrected chi connectivity index (χ1v) is 6.22. The second-order valence-electron chi connectivity index (χ2n) is 3.47. The van der Waals surface area contributed by atoms with E-state index in [9.17, 15) is 21.6 Å². The summed E-state index contributed by atoms with van der Waals surface area (Å²) in [6, 6.07) is 5.96. The maximum absolute atomic E-state index is 12.0. The predicted octanol–water partition coefficient (Wildman–Crippen LogP) is 1.10. The largest absolute Gasteiger partial charge is 0.402 e.